The van der Waals surface area contributed by atoms with Gasteiger partial charge < -0.3 is 4.74 Å². The van der Waals surface area contributed by atoms with Crippen LogP contribution in [0.25, 0.3) is 6.08 Å². The van der Waals surface area contributed by atoms with Crippen LogP contribution in [0, 0.1) is 0 Å². The number of fused-ring (bicyclic) bond motifs is 1. The van der Waals surface area contributed by atoms with Crippen molar-refractivity contribution < 1.29 is 9.53 Å². The average molecular weight is 433 g/mol. The lowest BCUT2D eigenvalue weighted by molar-refractivity contribution is -0.136. The van der Waals surface area contributed by atoms with Gasteiger partial charge in [0, 0.05) is 0 Å². The van der Waals surface area contributed by atoms with Crippen LogP contribution in [0.4, 0.5) is 0 Å². The fourth-order valence-corrected chi connectivity index (χ4v) is 4.82. The molecule has 31 heavy (non-hydrogen) atoms. The fraction of sp³-hybridized carbons (Fsp3) is 0.240. The molecular formula is C25H24N2O3S. The van der Waals surface area contributed by atoms with Gasteiger partial charge in [0.1, 0.15) is 0 Å². The van der Waals surface area contributed by atoms with E-state index < -0.39 is 12.0 Å². The maximum absolute atomic E-state index is 13.4. The summed E-state index contributed by atoms with van der Waals surface area (Å²) in [5, 5.41) is 0. The minimum Gasteiger partial charge on any atom is -0.466 e. The first-order valence-electron chi connectivity index (χ1n) is 10.2. The Morgan fingerprint density at radius 3 is 2.42 bits per heavy atom. The summed E-state index contributed by atoms with van der Waals surface area (Å²) in [6.07, 6.45) is 1.86. The van der Waals surface area contributed by atoms with Gasteiger partial charge in [0.05, 0.1) is 29.0 Å². The predicted octanol–water partition coefficient (Wildman–Crippen LogP) is 3.53. The molecule has 5 nitrogen and oxygen atoms in total. The van der Waals surface area contributed by atoms with Crippen LogP contribution in [-0.4, -0.2) is 17.6 Å². The van der Waals surface area contributed by atoms with Crippen molar-refractivity contribution in [3.05, 3.63) is 102 Å². The van der Waals surface area contributed by atoms with Gasteiger partial charge in [-0.25, -0.2) is 9.79 Å². The number of hydrogen-bond acceptors (Lipinski definition) is 5. The molecule has 0 unspecified atom stereocenters. The molecule has 1 aliphatic heterocycles. The normalized spacial score (nSPS) is 16.3. The van der Waals surface area contributed by atoms with Gasteiger partial charge in [-0.3, -0.25) is 9.36 Å². The highest BCUT2D eigenvalue weighted by atomic mass is 32.1. The molecule has 3 aromatic rings. The molecule has 2 heterocycles. The molecule has 4 rings (SSSR count). The Morgan fingerprint density at radius 1 is 1.13 bits per heavy atom. The van der Waals surface area contributed by atoms with Crippen LogP contribution in [0.1, 0.15) is 49.4 Å². The van der Waals surface area contributed by atoms with E-state index in [0.717, 1.165) is 11.1 Å². The highest BCUT2D eigenvalue weighted by Crippen LogP contribution is 2.31. The summed E-state index contributed by atoms with van der Waals surface area (Å²) < 4.78 is 7.25. The van der Waals surface area contributed by atoms with Gasteiger partial charge in [-0.1, -0.05) is 79.8 Å². The number of thiazole rings is 1. The molecule has 1 aromatic heterocycles. The number of allylic oxidation sites excluding steroid dienone is 1. The molecule has 0 fully saturated rings. The van der Waals surface area contributed by atoms with Crippen LogP contribution in [-0.2, 0) is 9.53 Å². The molecular weight excluding hydrogens is 408 g/mol. The molecule has 2 aromatic carbocycles. The third-order valence-electron chi connectivity index (χ3n) is 5.44. The Morgan fingerprint density at radius 2 is 1.81 bits per heavy atom. The van der Waals surface area contributed by atoms with Gasteiger partial charge in [-0.15, -0.1) is 0 Å². The Kier molecular flexibility index (Phi) is 5.74. The minimum atomic E-state index is -0.581. The quantitative estimate of drug-likeness (QED) is 0.593. The molecule has 0 amide bonds. The van der Waals surface area contributed by atoms with Crippen molar-refractivity contribution in [3.63, 3.8) is 0 Å². The highest BCUT2D eigenvalue weighted by molar-refractivity contribution is 7.07. The topological polar surface area (TPSA) is 60.7 Å². The predicted molar refractivity (Wildman–Crippen MR) is 123 cm³/mol. The zero-order chi connectivity index (χ0) is 22.1. The van der Waals surface area contributed by atoms with Crippen molar-refractivity contribution in [2.75, 3.05) is 7.11 Å². The summed E-state index contributed by atoms with van der Waals surface area (Å²) in [6, 6.07) is 17.2. The Balaban J connectivity index is 1.95. The number of esters is 1. The molecule has 0 N–H and O–H groups in total. The summed E-state index contributed by atoms with van der Waals surface area (Å²) in [5.74, 6) is -0.0872. The average Bonchev–Trinajstić information content (AvgIpc) is 3.07. The van der Waals surface area contributed by atoms with E-state index in [4.69, 9.17) is 4.74 Å². The lowest BCUT2D eigenvalue weighted by Gasteiger charge is -2.24. The minimum absolute atomic E-state index is 0.167. The second kappa shape index (κ2) is 8.47. The molecule has 0 aliphatic carbocycles. The zero-order valence-electron chi connectivity index (χ0n) is 18.0. The first-order valence-corrected chi connectivity index (χ1v) is 11.0. The second-order valence-corrected chi connectivity index (χ2v) is 8.81. The van der Waals surface area contributed by atoms with E-state index in [1.807, 2.05) is 60.7 Å². The number of rotatable bonds is 4. The Labute approximate surface area is 184 Å². The second-order valence-electron chi connectivity index (χ2n) is 7.81. The van der Waals surface area contributed by atoms with Crippen LogP contribution in [0.15, 0.2) is 75.7 Å². The smallest absolute Gasteiger partial charge is 0.338 e. The number of nitrogens with zero attached hydrogens (tertiary/aromatic N) is 2. The first kappa shape index (κ1) is 21.0. The maximum Gasteiger partial charge on any atom is 0.338 e. The van der Waals surface area contributed by atoms with Crippen LogP contribution >= 0.6 is 11.3 Å². The molecule has 0 spiro atoms. The SMILES string of the molecule is COC(=O)C1=C(C)N=c2sc(=Cc3ccccc3)c(=O)n2[C@H]1c1ccc(C(C)C)cc1. The standard InChI is InChI=1S/C25H24N2O3S/c1-15(2)18-10-12-19(13-11-18)22-21(24(29)30-4)16(3)26-25-27(22)23(28)20(31-25)14-17-8-6-5-7-9-17/h5-15,22H,1-4H3/t22-/m0/s1. The van der Waals surface area contributed by atoms with Gasteiger partial charge in [0.25, 0.3) is 5.56 Å². The molecule has 0 bridgehead atoms. The lowest BCUT2D eigenvalue weighted by Crippen LogP contribution is -2.39. The fourth-order valence-electron chi connectivity index (χ4n) is 3.77. The van der Waals surface area contributed by atoms with E-state index in [-0.39, 0.29) is 5.56 Å². The third kappa shape index (κ3) is 3.91. The number of carbonyl (C=O) groups is 1. The van der Waals surface area contributed by atoms with E-state index in [1.54, 1.807) is 11.5 Å². The van der Waals surface area contributed by atoms with Crippen molar-refractivity contribution in [2.24, 2.45) is 4.99 Å². The summed E-state index contributed by atoms with van der Waals surface area (Å²) >= 11 is 1.33. The summed E-state index contributed by atoms with van der Waals surface area (Å²) in [4.78, 5) is 31.3. The number of methoxy groups -OCH3 is 1. The first-order chi connectivity index (χ1) is 14.9. The van der Waals surface area contributed by atoms with Gasteiger partial charge in [0.15, 0.2) is 4.80 Å². The van der Waals surface area contributed by atoms with Crippen LogP contribution in [0.2, 0.25) is 0 Å². The van der Waals surface area contributed by atoms with E-state index in [0.29, 0.717) is 26.5 Å². The molecule has 1 aliphatic rings. The molecule has 6 heteroatoms. The van der Waals surface area contributed by atoms with Gasteiger partial charge >= 0.3 is 5.97 Å². The van der Waals surface area contributed by atoms with E-state index in [2.05, 4.69) is 18.8 Å². The van der Waals surface area contributed by atoms with Gasteiger partial charge in [-0.2, -0.15) is 0 Å². The number of ether oxygens (including phenoxy) is 1. The Bertz CT molecular complexity index is 1330. The number of aromatic nitrogens is 1. The van der Waals surface area contributed by atoms with Crippen LogP contribution in [0.3, 0.4) is 0 Å². The van der Waals surface area contributed by atoms with Crippen LogP contribution in [0.5, 0.6) is 0 Å². The largest absolute Gasteiger partial charge is 0.466 e. The molecule has 0 radical (unpaired) electrons. The van der Waals surface area contributed by atoms with Crippen LogP contribution < -0.4 is 14.9 Å². The monoisotopic (exact) mass is 432 g/mol. The molecule has 0 saturated heterocycles. The van der Waals surface area contributed by atoms with E-state index >= 15 is 0 Å². The third-order valence-corrected chi connectivity index (χ3v) is 6.43. The molecule has 0 saturated carbocycles. The van der Waals surface area contributed by atoms with E-state index in [1.165, 1.54) is 24.0 Å². The molecule has 158 valence electrons. The maximum atomic E-state index is 13.4. The summed E-state index contributed by atoms with van der Waals surface area (Å²) in [5.41, 5.74) is 3.77. The highest BCUT2D eigenvalue weighted by Gasteiger charge is 2.33. The zero-order valence-corrected chi connectivity index (χ0v) is 18.8. The summed E-state index contributed by atoms with van der Waals surface area (Å²) in [7, 11) is 1.35. The van der Waals surface area contributed by atoms with Crippen molar-refractivity contribution in [3.8, 4) is 0 Å². The van der Waals surface area contributed by atoms with Crippen molar-refractivity contribution >= 4 is 23.4 Å². The van der Waals surface area contributed by atoms with Crippen molar-refractivity contribution in [2.45, 2.75) is 32.7 Å². The lowest BCUT2D eigenvalue weighted by atomic mass is 9.93. The van der Waals surface area contributed by atoms with E-state index in [9.17, 15) is 9.59 Å². The Hall–Kier alpha value is -3.25. The van der Waals surface area contributed by atoms with Gasteiger partial charge in [0.2, 0.25) is 0 Å². The number of hydrogen-bond donors (Lipinski definition) is 0. The van der Waals surface area contributed by atoms with Crippen molar-refractivity contribution in [1.82, 2.24) is 4.57 Å². The molecule has 1 atom stereocenters. The number of carbonyl (C=O) groups excluding carboxylic acids is 1. The van der Waals surface area contributed by atoms with Gasteiger partial charge in [-0.05, 0) is 35.6 Å². The van der Waals surface area contributed by atoms with Crippen molar-refractivity contribution in [1.29, 1.82) is 0 Å². The summed E-state index contributed by atoms with van der Waals surface area (Å²) in [6.45, 7) is 6.05. The number of benzene rings is 2.